The molecular weight excluding hydrogens is 384 g/mol. The van der Waals surface area contributed by atoms with Crippen molar-refractivity contribution in [2.45, 2.75) is 37.3 Å². The molecule has 2 heterocycles. The first-order valence-corrected chi connectivity index (χ1v) is 11.1. The summed E-state index contributed by atoms with van der Waals surface area (Å²) in [5, 5.41) is 1.05. The van der Waals surface area contributed by atoms with E-state index in [1.54, 1.807) is 0 Å². The van der Waals surface area contributed by atoms with E-state index < -0.39 is 5.54 Å². The van der Waals surface area contributed by atoms with Crippen LogP contribution in [0.4, 0.5) is 5.69 Å². The van der Waals surface area contributed by atoms with Gasteiger partial charge in [0.1, 0.15) is 0 Å². The van der Waals surface area contributed by atoms with Gasteiger partial charge in [-0.2, -0.15) is 0 Å². The summed E-state index contributed by atoms with van der Waals surface area (Å²) in [6.07, 6.45) is 5.39. The monoisotopic (exact) mass is 418 g/mol. The van der Waals surface area contributed by atoms with Gasteiger partial charge in [-0.05, 0) is 70.1 Å². The van der Waals surface area contributed by atoms with Gasteiger partial charge in [-0.15, -0.1) is 0 Å². The van der Waals surface area contributed by atoms with Crippen LogP contribution in [0.25, 0.3) is 22.2 Å². The molecule has 6 nitrogen and oxygen atoms in total. The zero-order chi connectivity index (χ0) is 22.0. The topological polar surface area (TPSA) is 84.3 Å². The SMILES string of the molecule is CN(C)CCN(C)c1ccc(-c2cc3ncccc3c(C3(N)CCC(N)CC3)n2)cc1. The van der Waals surface area contributed by atoms with E-state index in [0.29, 0.717) is 0 Å². The van der Waals surface area contributed by atoms with Crippen LogP contribution < -0.4 is 16.4 Å². The first kappa shape index (κ1) is 21.7. The van der Waals surface area contributed by atoms with Gasteiger partial charge in [0.05, 0.1) is 22.4 Å². The van der Waals surface area contributed by atoms with Gasteiger partial charge in [-0.3, -0.25) is 9.97 Å². The normalized spacial score (nSPS) is 21.5. The summed E-state index contributed by atoms with van der Waals surface area (Å²) >= 11 is 0. The second-order valence-corrected chi connectivity index (χ2v) is 9.19. The van der Waals surface area contributed by atoms with Crippen LogP contribution in [0.5, 0.6) is 0 Å². The van der Waals surface area contributed by atoms with E-state index in [1.807, 2.05) is 12.3 Å². The third-order valence-corrected chi connectivity index (χ3v) is 6.48. The Hall–Kier alpha value is -2.54. The van der Waals surface area contributed by atoms with E-state index in [-0.39, 0.29) is 6.04 Å². The Morgan fingerprint density at radius 2 is 1.74 bits per heavy atom. The fourth-order valence-corrected chi connectivity index (χ4v) is 4.36. The molecule has 1 fully saturated rings. The highest BCUT2D eigenvalue weighted by Crippen LogP contribution is 2.38. The molecular formula is C25H34N6. The van der Waals surface area contributed by atoms with Gasteiger partial charge in [0.25, 0.3) is 0 Å². The van der Waals surface area contributed by atoms with E-state index in [1.165, 1.54) is 5.69 Å². The van der Waals surface area contributed by atoms with Crippen molar-refractivity contribution < 1.29 is 0 Å². The van der Waals surface area contributed by atoms with Gasteiger partial charge < -0.3 is 21.3 Å². The summed E-state index contributed by atoms with van der Waals surface area (Å²) in [5.41, 5.74) is 17.7. The van der Waals surface area contributed by atoms with Gasteiger partial charge in [0.2, 0.25) is 0 Å². The van der Waals surface area contributed by atoms with Crippen LogP contribution in [0.15, 0.2) is 48.7 Å². The molecule has 0 bridgehead atoms. The number of anilines is 1. The molecule has 0 unspecified atom stereocenters. The maximum Gasteiger partial charge on any atom is 0.0742 e. The molecule has 31 heavy (non-hydrogen) atoms. The highest BCUT2D eigenvalue weighted by atomic mass is 15.1. The van der Waals surface area contributed by atoms with Crippen molar-refractivity contribution in [3.8, 4) is 11.3 Å². The molecule has 1 aliphatic carbocycles. The molecule has 0 atom stereocenters. The maximum atomic E-state index is 6.92. The van der Waals surface area contributed by atoms with Crippen molar-refractivity contribution in [2.24, 2.45) is 11.5 Å². The summed E-state index contributed by atoms with van der Waals surface area (Å²) < 4.78 is 0. The molecule has 1 aromatic carbocycles. The Balaban J connectivity index is 1.68. The summed E-state index contributed by atoms with van der Waals surface area (Å²) in [6.45, 7) is 1.99. The predicted octanol–water partition coefficient (Wildman–Crippen LogP) is 3.35. The van der Waals surface area contributed by atoms with Crippen molar-refractivity contribution in [1.29, 1.82) is 0 Å². The summed E-state index contributed by atoms with van der Waals surface area (Å²) in [5.74, 6) is 0. The van der Waals surface area contributed by atoms with Gasteiger partial charge in [0, 0.05) is 49.0 Å². The van der Waals surface area contributed by atoms with Crippen molar-refractivity contribution in [2.75, 3.05) is 39.1 Å². The lowest BCUT2D eigenvalue weighted by atomic mass is 9.77. The molecule has 4 rings (SSSR count). The van der Waals surface area contributed by atoms with Crippen LogP contribution in [0.1, 0.15) is 31.4 Å². The predicted molar refractivity (Wildman–Crippen MR) is 129 cm³/mol. The van der Waals surface area contributed by atoms with E-state index in [4.69, 9.17) is 16.5 Å². The van der Waals surface area contributed by atoms with Crippen LogP contribution in [-0.2, 0) is 5.54 Å². The highest BCUT2D eigenvalue weighted by molar-refractivity contribution is 5.85. The number of likely N-dealkylation sites (N-methyl/N-ethyl adjacent to an activating group) is 2. The number of benzene rings is 1. The smallest absolute Gasteiger partial charge is 0.0742 e. The molecule has 0 radical (unpaired) electrons. The van der Waals surface area contributed by atoms with Crippen molar-refractivity contribution >= 4 is 16.6 Å². The van der Waals surface area contributed by atoms with Crippen molar-refractivity contribution in [3.05, 3.63) is 54.4 Å². The maximum absolute atomic E-state index is 6.92. The van der Waals surface area contributed by atoms with Gasteiger partial charge in [-0.25, -0.2) is 0 Å². The number of pyridine rings is 2. The molecule has 2 aromatic heterocycles. The minimum Gasteiger partial charge on any atom is -0.373 e. The minimum absolute atomic E-state index is 0.237. The Bertz CT molecular complexity index is 1020. The van der Waals surface area contributed by atoms with Crippen LogP contribution in [-0.4, -0.2) is 55.1 Å². The van der Waals surface area contributed by atoms with E-state index in [0.717, 1.165) is 66.6 Å². The van der Waals surface area contributed by atoms with Crippen molar-refractivity contribution in [3.63, 3.8) is 0 Å². The average molecular weight is 419 g/mol. The lowest BCUT2D eigenvalue weighted by molar-refractivity contribution is 0.274. The number of hydrogen-bond donors (Lipinski definition) is 2. The number of rotatable bonds is 6. The lowest BCUT2D eigenvalue weighted by Crippen LogP contribution is -2.44. The fourth-order valence-electron chi connectivity index (χ4n) is 4.36. The third kappa shape index (κ3) is 4.71. The van der Waals surface area contributed by atoms with Gasteiger partial charge >= 0.3 is 0 Å². The summed E-state index contributed by atoms with van der Waals surface area (Å²) in [7, 11) is 6.32. The Morgan fingerprint density at radius 3 is 2.42 bits per heavy atom. The Labute approximate surface area is 185 Å². The highest BCUT2D eigenvalue weighted by Gasteiger charge is 2.35. The number of fused-ring (bicyclic) bond motifs is 1. The first-order valence-electron chi connectivity index (χ1n) is 11.1. The molecule has 0 aliphatic heterocycles. The third-order valence-electron chi connectivity index (χ3n) is 6.48. The number of nitrogens with zero attached hydrogens (tertiary/aromatic N) is 4. The van der Waals surface area contributed by atoms with Crippen LogP contribution in [0, 0.1) is 0 Å². The standard InChI is InChI=1S/C25H34N6/c1-30(2)15-16-31(3)20-8-6-18(7-9-20)22-17-23-21(5-4-14-28-23)24(29-22)25(27)12-10-19(26)11-13-25/h4-9,14,17,19H,10-13,15-16,26-27H2,1-3H3. The largest absolute Gasteiger partial charge is 0.373 e. The van der Waals surface area contributed by atoms with Crippen LogP contribution in [0.3, 0.4) is 0 Å². The average Bonchev–Trinajstić information content (AvgIpc) is 2.79. The molecule has 1 saturated carbocycles. The molecule has 0 amide bonds. The molecule has 3 aromatic rings. The van der Waals surface area contributed by atoms with Gasteiger partial charge in [-0.1, -0.05) is 12.1 Å². The zero-order valence-corrected chi connectivity index (χ0v) is 18.9. The second kappa shape index (κ2) is 8.91. The molecule has 0 spiro atoms. The number of nitrogens with two attached hydrogens (primary N) is 2. The summed E-state index contributed by atoms with van der Waals surface area (Å²) in [6, 6.07) is 15.0. The summed E-state index contributed by atoms with van der Waals surface area (Å²) in [4.78, 5) is 14.2. The van der Waals surface area contributed by atoms with Crippen molar-refractivity contribution in [1.82, 2.24) is 14.9 Å². The van der Waals surface area contributed by atoms with Gasteiger partial charge in [0.15, 0.2) is 0 Å². The quantitative estimate of drug-likeness (QED) is 0.639. The molecule has 4 N–H and O–H groups in total. The Kier molecular flexibility index (Phi) is 6.23. The van der Waals surface area contributed by atoms with Crippen LogP contribution in [0.2, 0.25) is 0 Å². The molecule has 6 heteroatoms. The van der Waals surface area contributed by atoms with E-state index in [2.05, 4.69) is 72.3 Å². The molecule has 1 aliphatic rings. The molecule has 164 valence electrons. The first-order chi connectivity index (χ1) is 14.9. The van der Waals surface area contributed by atoms with E-state index in [9.17, 15) is 0 Å². The Morgan fingerprint density at radius 1 is 1.03 bits per heavy atom. The minimum atomic E-state index is -0.459. The fraction of sp³-hybridized carbons (Fsp3) is 0.440. The second-order valence-electron chi connectivity index (χ2n) is 9.19. The zero-order valence-electron chi connectivity index (χ0n) is 18.9. The molecule has 0 saturated heterocycles. The van der Waals surface area contributed by atoms with E-state index >= 15 is 0 Å². The van der Waals surface area contributed by atoms with Crippen LogP contribution >= 0.6 is 0 Å². The number of hydrogen-bond acceptors (Lipinski definition) is 6. The lowest BCUT2D eigenvalue weighted by Gasteiger charge is -2.36. The number of aromatic nitrogens is 2.